The Morgan fingerprint density at radius 3 is 1.67 bits per heavy atom. The van der Waals surface area contributed by atoms with Crippen molar-refractivity contribution >= 4 is 24.0 Å². The molecule has 6 heavy (non-hydrogen) atoms. The van der Waals surface area contributed by atoms with Crippen LogP contribution in [-0.4, -0.2) is 5.88 Å². The molecule has 0 unspecified atom stereocenters. The van der Waals surface area contributed by atoms with Crippen LogP contribution in [0.25, 0.3) is 0 Å². The Kier molecular flexibility index (Phi) is 9.08. The van der Waals surface area contributed by atoms with Gasteiger partial charge >= 0.3 is 0 Å². The minimum absolute atomic E-state index is 0. The van der Waals surface area contributed by atoms with E-state index >= 15 is 0 Å². The Balaban J connectivity index is 0. The summed E-state index contributed by atoms with van der Waals surface area (Å²) in [5.74, 6) is 1.43. The van der Waals surface area contributed by atoms with Gasteiger partial charge in [-0.25, -0.2) is 0 Å². The topological polar surface area (TPSA) is 0 Å². The van der Waals surface area contributed by atoms with Gasteiger partial charge in [0.1, 0.15) is 0 Å². The van der Waals surface area contributed by atoms with Crippen molar-refractivity contribution in [2.75, 3.05) is 5.88 Å². The molecule has 0 aliphatic rings. The Hall–Kier alpha value is 0.580. The number of alkyl halides is 1. The third kappa shape index (κ3) is 8.82. The van der Waals surface area contributed by atoms with Gasteiger partial charge in [-0.1, -0.05) is 13.8 Å². The molecule has 0 amide bonds. The van der Waals surface area contributed by atoms with Crippen molar-refractivity contribution in [2.24, 2.45) is 5.92 Å². The molecule has 0 aromatic heterocycles. The first-order chi connectivity index (χ1) is 2.27. The molecule has 0 nitrogen and oxygen atoms in total. The molecule has 0 aromatic rings. The summed E-state index contributed by atoms with van der Waals surface area (Å²) in [7, 11) is 0. The van der Waals surface area contributed by atoms with E-state index in [9.17, 15) is 0 Å². The van der Waals surface area contributed by atoms with Crippen molar-refractivity contribution in [3.8, 4) is 0 Å². The number of rotatable bonds is 1. The van der Waals surface area contributed by atoms with Gasteiger partial charge in [0.2, 0.25) is 0 Å². The molecular weight excluding hydrogens is 119 g/mol. The molecule has 0 aliphatic carbocycles. The fourth-order valence-corrected chi connectivity index (χ4v) is 0. The van der Waals surface area contributed by atoms with E-state index in [4.69, 9.17) is 11.6 Å². The van der Waals surface area contributed by atoms with Gasteiger partial charge in [0.15, 0.2) is 0 Å². The van der Waals surface area contributed by atoms with E-state index in [1.54, 1.807) is 0 Å². The van der Waals surface area contributed by atoms with Gasteiger partial charge in [-0.3, -0.25) is 0 Å². The van der Waals surface area contributed by atoms with E-state index in [0.29, 0.717) is 5.92 Å². The summed E-state index contributed by atoms with van der Waals surface area (Å²) < 4.78 is 0. The lowest BCUT2D eigenvalue weighted by Gasteiger charge is -1.88. The highest BCUT2D eigenvalue weighted by Gasteiger charge is 1.82. The fourth-order valence-electron chi connectivity index (χ4n) is 0. The lowest BCUT2D eigenvalue weighted by Crippen LogP contribution is -1.83. The standard InChI is InChI=1S/C4H9Cl.ClH/c1-4(2)3-5;/h4H,3H2,1-2H3;1H. The van der Waals surface area contributed by atoms with Gasteiger partial charge < -0.3 is 0 Å². The van der Waals surface area contributed by atoms with E-state index in [0.717, 1.165) is 5.88 Å². The molecule has 0 aliphatic heterocycles. The van der Waals surface area contributed by atoms with Crippen LogP contribution in [0.2, 0.25) is 0 Å². The summed E-state index contributed by atoms with van der Waals surface area (Å²) in [6.07, 6.45) is 0. The molecule has 0 bridgehead atoms. The summed E-state index contributed by atoms with van der Waals surface area (Å²) in [6, 6.07) is 0. The first-order valence-corrected chi connectivity index (χ1v) is 2.36. The second-order valence-corrected chi connectivity index (χ2v) is 1.86. The molecule has 0 aromatic carbocycles. The zero-order valence-corrected chi connectivity index (χ0v) is 5.64. The van der Waals surface area contributed by atoms with Crippen molar-refractivity contribution < 1.29 is 0 Å². The molecule has 0 spiro atoms. The number of halogens is 2. The van der Waals surface area contributed by atoms with Crippen LogP contribution >= 0.6 is 24.0 Å². The maximum Gasteiger partial charge on any atom is 0.0246 e. The van der Waals surface area contributed by atoms with Crippen molar-refractivity contribution in [3.05, 3.63) is 0 Å². The van der Waals surface area contributed by atoms with Gasteiger partial charge in [-0.05, 0) is 5.92 Å². The Labute approximate surface area is 50.3 Å². The largest absolute Gasteiger partial charge is 0.147 e. The van der Waals surface area contributed by atoms with Crippen molar-refractivity contribution in [1.29, 1.82) is 0 Å². The maximum atomic E-state index is 5.34. The molecule has 0 saturated carbocycles. The number of hydrogen-bond acceptors (Lipinski definition) is 0. The summed E-state index contributed by atoms with van der Waals surface area (Å²) in [4.78, 5) is 0. The quantitative estimate of drug-likeness (QED) is 0.476. The molecule has 0 heterocycles. The molecule has 0 rings (SSSR count). The first kappa shape index (κ1) is 9.77. The monoisotopic (exact) mass is 128 g/mol. The Morgan fingerprint density at radius 1 is 1.50 bits per heavy atom. The summed E-state index contributed by atoms with van der Waals surface area (Å²) in [5, 5.41) is 0. The minimum atomic E-state index is 0. The molecule has 0 radical (unpaired) electrons. The first-order valence-electron chi connectivity index (χ1n) is 1.83. The van der Waals surface area contributed by atoms with E-state index in [1.807, 2.05) is 0 Å². The number of hydrogen-bond donors (Lipinski definition) is 0. The van der Waals surface area contributed by atoms with E-state index in [-0.39, 0.29) is 12.4 Å². The highest BCUT2D eigenvalue weighted by molar-refractivity contribution is 6.17. The molecule has 0 N–H and O–H groups in total. The van der Waals surface area contributed by atoms with Gasteiger partial charge in [-0.2, -0.15) is 0 Å². The van der Waals surface area contributed by atoms with E-state index in [2.05, 4.69) is 13.8 Å². The van der Waals surface area contributed by atoms with Gasteiger partial charge in [0.25, 0.3) is 0 Å². The SMILES string of the molecule is CC(C)CCl.Cl. The van der Waals surface area contributed by atoms with Crippen molar-refractivity contribution in [3.63, 3.8) is 0 Å². The van der Waals surface area contributed by atoms with Crippen molar-refractivity contribution in [1.82, 2.24) is 0 Å². The zero-order valence-electron chi connectivity index (χ0n) is 4.07. The highest BCUT2D eigenvalue weighted by atomic mass is 35.5. The maximum absolute atomic E-state index is 5.34. The molecular formula is C4H10Cl2. The van der Waals surface area contributed by atoms with Crippen LogP contribution in [0.4, 0.5) is 0 Å². The predicted octanol–water partition coefficient (Wildman–Crippen LogP) is 2.30. The summed E-state index contributed by atoms with van der Waals surface area (Å²) >= 11 is 5.34. The molecule has 0 fully saturated rings. The fraction of sp³-hybridized carbons (Fsp3) is 1.00. The zero-order chi connectivity index (χ0) is 4.28. The van der Waals surface area contributed by atoms with Crippen LogP contribution in [-0.2, 0) is 0 Å². The van der Waals surface area contributed by atoms with Crippen LogP contribution in [0.15, 0.2) is 0 Å². The van der Waals surface area contributed by atoms with E-state index in [1.165, 1.54) is 0 Å². The lowest BCUT2D eigenvalue weighted by atomic mass is 10.3. The van der Waals surface area contributed by atoms with Crippen LogP contribution < -0.4 is 0 Å². The lowest BCUT2D eigenvalue weighted by molar-refractivity contribution is 0.745. The second kappa shape index (κ2) is 5.58. The van der Waals surface area contributed by atoms with Crippen LogP contribution in [0.1, 0.15) is 13.8 Å². The summed E-state index contributed by atoms with van der Waals surface area (Å²) in [5.41, 5.74) is 0. The molecule has 2 heteroatoms. The molecule has 0 saturated heterocycles. The normalized spacial score (nSPS) is 8.00. The van der Waals surface area contributed by atoms with Gasteiger partial charge in [0, 0.05) is 5.88 Å². The van der Waals surface area contributed by atoms with Crippen LogP contribution in [0.3, 0.4) is 0 Å². The van der Waals surface area contributed by atoms with Gasteiger partial charge in [0.05, 0.1) is 0 Å². The molecule has 0 atom stereocenters. The average molecular weight is 129 g/mol. The summed E-state index contributed by atoms with van der Waals surface area (Å²) in [6.45, 7) is 4.18. The van der Waals surface area contributed by atoms with E-state index < -0.39 is 0 Å². The minimum Gasteiger partial charge on any atom is -0.147 e. The average Bonchev–Trinajstić information content (AvgIpc) is 1.38. The van der Waals surface area contributed by atoms with Crippen LogP contribution in [0.5, 0.6) is 0 Å². The predicted molar refractivity (Wildman–Crippen MR) is 32.8 cm³/mol. The van der Waals surface area contributed by atoms with Crippen molar-refractivity contribution in [2.45, 2.75) is 13.8 Å². The van der Waals surface area contributed by atoms with Crippen LogP contribution in [0, 0.1) is 5.92 Å². The second-order valence-electron chi connectivity index (χ2n) is 1.55. The molecule has 40 valence electrons. The van der Waals surface area contributed by atoms with Gasteiger partial charge in [-0.15, -0.1) is 24.0 Å². The smallest absolute Gasteiger partial charge is 0.0246 e. The third-order valence-electron chi connectivity index (χ3n) is 0.309. The Bertz CT molecular complexity index is 19.5. The highest BCUT2D eigenvalue weighted by Crippen LogP contribution is 1.91. The Morgan fingerprint density at radius 2 is 1.67 bits per heavy atom. The third-order valence-corrected chi connectivity index (χ3v) is 0.926.